The molecule has 0 atom stereocenters. The van der Waals surface area contributed by atoms with Crippen molar-refractivity contribution < 1.29 is 14.6 Å². The predicted octanol–water partition coefficient (Wildman–Crippen LogP) is 2.58. The largest absolute Gasteiger partial charge is 0.476 e. The number of benzene rings is 1. The van der Waals surface area contributed by atoms with Gasteiger partial charge >= 0.3 is 5.97 Å². The van der Waals surface area contributed by atoms with Gasteiger partial charge in [0, 0.05) is 12.4 Å². The molecule has 0 unspecified atom stereocenters. The number of aromatic carboxylic acids is 1. The Morgan fingerprint density at radius 1 is 1.22 bits per heavy atom. The molecule has 0 aliphatic heterocycles. The van der Waals surface area contributed by atoms with Crippen LogP contribution >= 0.6 is 0 Å². The second kappa shape index (κ2) is 4.83. The zero-order chi connectivity index (χ0) is 13.1. The van der Waals surface area contributed by atoms with Crippen LogP contribution in [0.1, 0.15) is 21.6 Å². The van der Waals surface area contributed by atoms with Crippen molar-refractivity contribution in [2.45, 2.75) is 13.8 Å². The molecule has 0 saturated carbocycles. The van der Waals surface area contributed by atoms with Gasteiger partial charge in [0.2, 0.25) is 5.69 Å². The zero-order valence-electron chi connectivity index (χ0n) is 10.0. The highest BCUT2D eigenvalue weighted by Gasteiger charge is 2.15. The first-order valence-electron chi connectivity index (χ1n) is 5.37. The molecule has 0 aliphatic carbocycles. The number of hydrogen-bond acceptors (Lipinski definition) is 4. The number of carbonyl (C=O) groups is 1. The van der Waals surface area contributed by atoms with E-state index in [4.69, 9.17) is 9.84 Å². The quantitative estimate of drug-likeness (QED) is 0.898. The van der Waals surface area contributed by atoms with Crippen molar-refractivity contribution in [2.75, 3.05) is 0 Å². The lowest BCUT2D eigenvalue weighted by Gasteiger charge is -2.09. The van der Waals surface area contributed by atoms with Crippen LogP contribution in [0, 0.1) is 13.8 Å². The maximum atomic E-state index is 11.0. The molecular formula is C13H12N2O3. The first-order valence-corrected chi connectivity index (χ1v) is 5.37. The van der Waals surface area contributed by atoms with E-state index >= 15 is 0 Å². The Labute approximate surface area is 104 Å². The molecule has 0 aliphatic rings. The van der Waals surface area contributed by atoms with Crippen molar-refractivity contribution in [1.29, 1.82) is 0 Å². The molecule has 1 N–H and O–H groups in total. The van der Waals surface area contributed by atoms with Crippen molar-refractivity contribution in [3.05, 3.63) is 47.4 Å². The van der Waals surface area contributed by atoms with Crippen LogP contribution in [0.2, 0.25) is 0 Å². The summed E-state index contributed by atoms with van der Waals surface area (Å²) in [5.41, 5.74) is 1.73. The molecule has 0 radical (unpaired) electrons. The van der Waals surface area contributed by atoms with E-state index in [-0.39, 0.29) is 11.6 Å². The Balaban J connectivity index is 2.40. The van der Waals surface area contributed by atoms with Crippen LogP contribution in [-0.4, -0.2) is 21.0 Å². The molecule has 18 heavy (non-hydrogen) atoms. The van der Waals surface area contributed by atoms with Gasteiger partial charge in [-0.3, -0.25) is 0 Å². The zero-order valence-corrected chi connectivity index (χ0v) is 10.0. The van der Waals surface area contributed by atoms with Gasteiger partial charge < -0.3 is 9.84 Å². The van der Waals surface area contributed by atoms with Crippen LogP contribution in [0.15, 0.2) is 30.6 Å². The van der Waals surface area contributed by atoms with E-state index in [1.807, 2.05) is 32.0 Å². The summed E-state index contributed by atoms with van der Waals surface area (Å²) in [5, 5.41) is 8.99. The van der Waals surface area contributed by atoms with E-state index in [0.717, 1.165) is 11.1 Å². The summed E-state index contributed by atoms with van der Waals surface area (Å²) in [7, 11) is 0. The number of ether oxygens (including phenoxy) is 1. The Hall–Kier alpha value is -2.43. The van der Waals surface area contributed by atoms with Crippen molar-refractivity contribution in [2.24, 2.45) is 0 Å². The lowest BCUT2D eigenvalue weighted by molar-refractivity contribution is 0.0686. The number of rotatable bonds is 3. The topological polar surface area (TPSA) is 72.3 Å². The fourth-order valence-corrected chi connectivity index (χ4v) is 1.47. The van der Waals surface area contributed by atoms with Crippen LogP contribution in [0.25, 0.3) is 0 Å². The molecule has 2 aromatic rings. The highest BCUT2D eigenvalue weighted by atomic mass is 16.5. The Morgan fingerprint density at radius 3 is 2.67 bits per heavy atom. The van der Waals surface area contributed by atoms with Crippen molar-refractivity contribution in [3.8, 4) is 11.6 Å². The molecule has 0 amide bonds. The third-order valence-corrected chi connectivity index (χ3v) is 2.42. The smallest absolute Gasteiger partial charge is 0.360 e. The number of hydrogen-bond donors (Lipinski definition) is 1. The van der Waals surface area contributed by atoms with Gasteiger partial charge in [0.1, 0.15) is 5.75 Å². The predicted molar refractivity (Wildman–Crippen MR) is 65.0 cm³/mol. The summed E-state index contributed by atoms with van der Waals surface area (Å²) in [5.74, 6) is -0.583. The molecule has 2 rings (SSSR count). The summed E-state index contributed by atoms with van der Waals surface area (Å²) >= 11 is 0. The summed E-state index contributed by atoms with van der Waals surface area (Å²) < 4.78 is 5.53. The standard InChI is InChI=1S/C13H12N2O3/c1-8-3-4-9(2)10(7-8)18-12-11(13(16)17)14-5-6-15-12/h3-7H,1-2H3,(H,16,17). The Morgan fingerprint density at radius 2 is 1.94 bits per heavy atom. The SMILES string of the molecule is Cc1ccc(C)c(Oc2nccnc2C(=O)O)c1. The van der Waals surface area contributed by atoms with E-state index in [0.29, 0.717) is 5.75 Å². The van der Waals surface area contributed by atoms with Gasteiger partial charge in [-0.2, -0.15) is 0 Å². The molecule has 5 nitrogen and oxygen atoms in total. The third kappa shape index (κ3) is 2.45. The molecule has 5 heteroatoms. The van der Waals surface area contributed by atoms with Gasteiger partial charge in [0.15, 0.2) is 0 Å². The summed E-state index contributed by atoms with van der Waals surface area (Å²) in [6.45, 7) is 3.81. The minimum Gasteiger partial charge on any atom is -0.476 e. The summed E-state index contributed by atoms with van der Waals surface area (Å²) in [4.78, 5) is 18.6. The van der Waals surface area contributed by atoms with E-state index in [1.54, 1.807) is 0 Å². The number of carboxylic acid groups (broad SMARTS) is 1. The van der Waals surface area contributed by atoms with E-state index < -0.39 is 5.97 Å². The molecule has 1 heterocycles. The van der Waals surface area contributed by atoms with Gasteiger partial charge in [0.05, 0.1) is 0 Å². The summed E-state index contributed by atoms with van der Waals surface area (Å²) in [6, 6.07) is 5.69. The minimum absolute atomic E-state index is 0.00120. The fourth-order valence-electron chi connectivity index (χ4n) is 1.47. The lowest BCUT2D eigenvalue weighted by atomic mass is 10.1. The molecule has 1 aromatic heterocycles. The first kappa shape index (κ1) is 12.0. The maximum Gasteiger partial charge on any atom is 0.360 e. The summed E-state index contributed by atoms with van der Waals surface area (Å²) in [6.07, 6.45) is 2.71. The molecule has 0 fully saturated rings. The lowest BCUT2D eigenvalue weighted by Crippen LogP contribution is -2.05. The van der Waals surface area contributed by atoms with Crippen molar-refractivity contribution >= 4 is 5.97 Å². The van der Waals surface area contributed by atoms with Crippen LogP contribution in [0.3, 0.4) is 0 Å². The maximum absolute atomic E-state index is 11.0. The normalized spacial score (nSPS) is 10.1. The van der Waals surface area contributed by atoms with Gasteiger partial charge in [0.25, 0.3) is 5.88 Å². The van der Waals surface area contributed by atoms with E-state index in [9.17, 15) is 4.79 Å². The number of carboxylic acids is 1. The van der Waals surface area contributed by atoms with Crippen molar-refractivity contribution in [3.63, 3.8) is 0 Å². The van der Waals surface area contributed by atoms with Crippen LogP contribution in [0.4, 0.5) is 0 Å². The molecule has 1 aromatic carbocycles. The molecule has 92 valence electrons. The molecule has 0 bridgehead atoms. The van der Waals surface area contributed by atoms with E-state index in [1.165, 1.54) is 12.4 Å². The third-order valence-electron chi connectivity index (χ3n) is 2.42. The number of aryl methyl sites for hydroxylation is 2. The van der Waals surface area contributed by atoms with Gasteiger partial charge in [-0.15, -0.1) is 0 Å². The second-order valence-corrected chi connectivity index (χ2v) is 3.89. The van der Waals surface area contributed by atoms with Gasteiger partial charge in [-0.05, 0) is 31.0 Å². The average Bonchev–Trinajstić information content (AvgIpc) is 2.34. The highest BCUT2D eigenvalue weighted by molar-refractivity contribution is 5.87. The Bertz CT molecular complexity index is 597. The monoisotopic (exact) mass is 244 g/mol. The number of aromatic nitrogens is 2. The second-order valence-electron chi connectivity index (χ2n) is 3.89. The minimum atomic E-state index is -1.16. The van der Waals surface area contributed by atoms with Crippen LogP contribution in [0.5, 0.6) is 11.6 Å². The van der Waals surface area contributed by atoms with Gasteiger partial charge in [-0.1, -0.05) is 12.1 Å². The molecule has 0 saturated heterocycles. The molecular weight excluding hydrogens is 232 g/mol. The highest BCUT2D eigenvalue weighted by Crippen LogP contribution is 2.26. The average molecular weight is 244 g/mol. The van der Waals surface area contributed by atoms with Crippen LogP contribution < -0.4 is 4.74 Å². The van der Waals surface area contributed by atoms with Crippen molar-refractivity contribution in [1.82, 2.24) is 9.97 Å². The Kier molecular flexibility index (Phi) is 3.23. The van der Waals surface area contributed by atoms with Crippen LogP contribution in [-0.2, 0) is 0 Å². The molecule has 0 spiro atoms. The fraction of sp³-hybridized carbons (Fsp3) is 0.154. The first-order chi connectivity index (χ1) is 8.58. The van der Waals surface area contributed by atoms with Gasteiger partial charge in [-0.25, -0.2) is 14.8 Å². The number of nitrogens with zero attached hydrogens (tertiary/aromatic N) is 2. The van der Waals surface area contributed by atoms with E-state index in [2.05, 4.69) is 9.97 Å².